The zero-order valence-electron chi connectivity index (χ0n) is 10.0. The van der Waals surface area contributed by atoms with Crippen molar-refractivity contribution in [2.24, 2.45) is 0 Å². The zero-order chi connectivity index (χ0) is 12.7. The number of carbonyl (C=O) groups excluding carboxylic acids is 1. The molecule has 0 fully saturated rings. The van der Waals surface area contributed by atoms with E-state index in [0.717, 1.165) is 17.1 Å². The van der Waals surface area contributed by atoms with Crippen molar-refractivity contribution < 1.29 is 14.3 Å². The standard InChI is InChI=1S/C13H15NO3/c1-16-12-5-6-13(17-2)10(9-12)3-4-11(15)7-8-14/h5-6,9H,3-4,7H2,1-2H3. The lowest BCUT2D eigenvalue weighted by atomic mass is 10.1. The van der Waals surface area contributed by atoms with Crippen molar-refractivity contribution in [3.63, 3.8) is 0 Å². The number of ether oxygens (including phenoxy) is 2. The Morgan fingerprint density at radius 2 is 2.12 bits per heavy atom. The molecule has 0 amide bonds. The first-order valence-electron chi connectivity index (χ1n) is 5.30. The number of methoxy groups -OCH3 is 2. The SMILES string of the molecule is COc1ccc(OC)c(CCC(=O)CC#N)c1. The van der Waals surface area contributed by atoms with Crippen molar-refractivity contribution in [2.75, 3.05) is 14.2 Å². The van der Waals surface area contributed by atoms with Crippen LogP contribution >= 0.6 is 0 Å². The van der Waals surface area contributed by atoms with Crippen LogP contribution in [0.5, 0.6) is 11.5 Å². The van der Waals surface area contributed by atoms with E-state index < -0.39 is 0 Å². The Morgan fingerprint density at radius 3 is 2.71 bits per heavy atom. The highest BCUT2D eigenvalue weighted by atomic mass is 16.5. The van der Waals surface area contributed by atoms with Crippen molar-refractivity contribution in [3.05, 3.63) is 23.8 Å². The molecular weight excluding hydrogens is 218 g/mol. The molecule has 0 aromatic heterocycles. The van der Waals surface area contributed by atoms with Crippen LogP contribution in [0.1, 0.15) is 18.4 Å². The molecule has 17 heavy (non-hydrogen) atoms. The second-order valence-electron chi connectivity index (χ2n) is 3.55. The lowest BCUT2D eigenvalue weighted by Crippen LogP contribution is -2.00. The van der Waals surface area contributed by atoms with Gasteiger partial charge in [0.15, 0.2) is 0 Å². The summed E-state index contributed by atoms with van der Waals surface area (Å²) in [5, 5.41) is 8.40. The molecule has 0 N–H and O–H groups in total. The minimum Gasteiger partial charge on any atom is -0.497 e. The van der Waals surface area contributed by atoms with E-state index in [1.165, 1.54) is 0 Å². The van der Waals surface area contributed by atoms with Crippen molar-refractivity contribution in [2.45, 2.75) is 19.3 Å². The molecule has 0 atom stereocenters. The van der Waals surface area contributed by atoms with Crippen LogP contribution in [0.2, 0.25) is 0 Å². The fourth-order valence-electron chi connectivity index (χ4n) is 1.53. The van der Waals surface area contributed by atoms with Gasteiger partial charge in [0.05, 0.1) is 26.7 Å². The third-order valence-corrected chi connectivity index (χ3v) is 2.44. The average molecular weight is 233 g/mol. The van der Waals surface area contributed by atoms with E-state index in [-0.39, 0.29) is 12.2 Å². The number of benzene rings is 1. The predicted octanol–water partition coefficient (Wildman–Crippen LogP) is 2.12. The van der Waals surface area contributed by atoms with Gasteiger partial charge < -0.3 is 9.47 Å². The van der Waals surface area contributed by atoms with E-state index in [1.807, 2.05) is 18.2 Å². The summed E-state index contributed by atoms with van der Waals surface area (Å²) in [4.78, 5) is 11.3. The second-order valence-corrected chi connectivity index (χ2v) is 3.55. The highest BCUT2D eigenvalue weighted by Crippen LogP contribution is 2.25. The van der Waals surface area contributed by atoms with Gasteiger partial charge in [-0.3, -0.25) is 4.79 Å². The van der Waals surface area contributed by atoms with Crippen LogP contribution in [0.15, 0.2) is 18.2 Å². The Kier molecular flexibility index (Phi) is 5.02. The summed E-state index contributed by atoms with van der Waals surface area (Å²) < 4.78 is 10.3. The maximum absolute atomic E-state index is 11.3. The number of hydrogen-bond donors (Lipinski definition) is 0. The number of nitrogens with zero attached hydrogens (tertiary/aromatic N) is 1. The molecule has 0 aliphatic carbocycles. The summed E-state index contributed by atoms with van der Waals surface area (Å²) in [5.74, 6) is 1.40. The lowest BCUT2D eigenvalue weighted by Gasteiger charge is -2.09. The van der Waals surface area contributed by atoms with Crippen LogP contribution in [-0.2, 0) is 11.2 Å². The molecule has 1 rings (SSSR count). The van der Waals surface area contributed by atoms with E-state index in [1.54, 1.807) is 20.3 Å². The molecule has 0 radical (unpaired) electrons. The van der Waals surface area contributed by atoms with Gasteiger partial charge in [0.2, 0.25) is 0 Å². The van der Waals surface area contributed by atoms with E-state index in [0.29, 0.717) is 12.8 Å². The van der Waals surface area contributed by atoms with Crippen LogP contribution in [0.4, 0.5) is 0 Å². The lowest BCUT2D eigenvalue weighted by molar-refractivity contribution is -0.118. The van der Waals surface area contributed by atoms with Gasteiger partial charge in [0.25, 0.3) is 0 Å². The highest BCUT2D eigenvalue weighted by molar-refractivity contribution is 5.80. The number of carbonyl (C=O) groups is 1. The summed E-state index contributed by atoms with van der Waals surface area (Å²) in [6.07, 6.45) is 0.865. The molecule has 0 aliphatic heterocycles. The van der Waals surface area contributed by atoms with Gasteiger partial charge in [-0.15, -0.1) is 0 Å². The number of ketones is 1. The maximum atomic E-state index is 11.3. The largest absolute Gasteiger partial charge is 0.497 e. The Bertz CT molecular complexity index is 435. The quantitative estimate of drug-likeness (QED) is 0.755. The monoisotopic (exact) mass is 233 g/mol. The number of aryl methyl sites for hydroxylation is 1. The minimum atomic E-state index is -0.0580. The van der Waals surface area contributed by atoms with E-state index in [4.69, 9.17) is 14.7 Å². The summed E-state index contributed by atoms with van der Waals surface area (Å²) in [6.45, 7) is 0. The number of rotatable bonds is 6. The molecule has 0 aliphatic rings. The molecule has 4 heteroatoms. The highest BCUT2D eigenvalue weighted by Gasteiger charge is 2.08. The molecule has 4 nitrogen and oxygen atoms in total. The molecule has 0 unspecified atom stereocenters. The Hall–Kier alpha value is -2.02. The molecule has 0 saturated heterocycles. The third-order valence-electron chi connectivity index (χ3n) is 2.44. The van der Waals surface area contributed by atoms with Gasteiger partial charge in [-0.05, 0) is 30.2 Å². The predicted molar refractivity (Wildman–Crippen MR) is 63.1 cm³/mol. The summed E-state index contributed by atoms with van der Waals surface area (Å²) >= 11 is 0. The van der Waals surface area contributed by atoms with Gasteiger partial charge in [0, 0.05) is 6.42 Å². The van der Waals surface area contributed by atoms with Crippen LogP contribution < -0.4 is 9.47 Å². The molecule has 90 valence electrons. The van der Waals surface area contributed by atoms with Crippen molar-refractivity contribution >= 4 is 5.78 Å². The van der Waals surface area contributed by atoms with E-state index in [2.05, 4.69) is 0 Å². The van der Waals surface area contributed by atoms with Crippen LogP contribution in [0.25, 0.3) is 0 Å². The number of Topliss-reactive ketones (excluding diaryl/α,β-unsaturated/α-hetero) is 1. The fourth-order valence-corrected chi connectivity index (χ4v) is 1.53. The number of nitriles is 1. The van der Waals surface area contributed by atoms with Crippen LogP contribution in [0, 0.1) is 11.3 Å². The van der Waals surface area contributed by atoms with Gasteiger partial charge in [-0.1, -0.05) is 0 Å². The number of hydrogen-bond acceptors (Lipinski definition) is 4. The topological polar surface area (TPSA) is 59.3 Å². The van der Waals surface area contributed by atoms with E-state index >= 15 is 0 Å². The molecule has 0 heterocycles. The molecule has 1 aromatic carbocycles. The smallest absolute Gasteiger partial charge is 0.147 e. The van der Waals surface area contributed by atoms with Crippen molar-refractivity contribution in [1.29, 1.82) is 5.26 Å². The normalized spacial score (nSPS) is 9.47. The first kappa shape index (κ1) is 13.0. The Morgan fingerprint density at radius 1 is 1.35 bits per heavy atom. The van der Waals surface area contributed by atoms with Gasteiger partial charge in [-0.2, -0.15) is 5.26 Å². The van der Waals surface area contributed by atoms with Crippen molar-refractivity contribution in [1.82, 2.24) is 0 Å². The minimum absolute atomic E-state index is 0.0354. The molecule has 0 spiro atoms. The molecule has 0 bridgehead atoms. The first-order valence-corrected chi connectivity index (χ1v) is 5.30. The second kappa shape index (κ2) is 6.54. The molecule has 0 saturated carbocycles. The van der Waals surface area contributed by atoms with Crippen LogP contribution in [-0.4, -0.2) is 20.0 Å². The molecular formula is C13H15NO3. The van der Waals surface area contributed by atoms with Gasteiger partial charge >= 0.3 is 0 Å². The van der Waals surface area contributed by atoms with Crippen molar-refractivity contribution in [3.8, 4) is 17.6 Å². The molecule has 1 aromatic rings. The van der Waals surface area contributed by atoms with Gasteiger partial charge in [-0.25, -0.2) is 0 Å². The Labute approximate surface area is 101 Å². The average Bonchev–Trinajstić information content (AvgIpc) is 2.36. The third kappa shape index (κ3) is 3.80. The van der Waals surface area contributed by atoms with Crippen LogP contribution in [0.3, 0.4) is 0 Å². The maximum Gasteiger partial charge on any atom is 0.147 e. The Balaban J connectivity index is 2.74. The summed E-state index contributed by atoms with van der Waals surface area (Å²) in [5.41, 5.74) is 0.915. The van der Waals surface area contributed by atoms with Gasteiger partial charge in [0.1, 0.15) is 17.3 Å². The van der Waals surface area contributed by atoms with E-state index in [9.17, 15) is 4.79 Å². The fraction of sp³-hybridized carbons (Fsp3) is 0.385. The zero-order valence-corrected chi connectivity index (χ0v) is 10.0. The first-order chi connectivity index (χ1) is 8.21. The summed E-state index contributed by atoms with van der Waals surface area (Å²) in [7, 11) is 3.18. The summed E-state index contributed by atoms with van der Waals surface area (Å²) in [6, 6.07) is 7.31.